The zero-order chi connectivity index (χ0) is 11.3. The number of aliphatic carboxylic acids is 1. The number of pyridine rings is 1. The zero-order valence-electron chi connectivity index (χ0n) is 8.21. The average Bonchev–Trinajstić information content (AvgIpc) is 2.26. The summed E-state index contributed by atoms with van der Waals surface area (Å²) in [6.07, 6.45) is 2.04. The van der Waals surface area contributed by atoms with E-state index in [0.717, 1.165) is 0 Å². The topological polar surface area (TPSA) is 76.5 Å². The molecule has 0 bridgehead atoms. The van der Waals surface area contributed by atoms with Crippen LogP contribution in [0.5, 0.6) is 0 Å². The van der Waals surface area contributed by atoms with E-state index in [1.54, 1.807) is 6.92 Å². The molecule has 0 saturated heterocycles. The van der Waals surface area contributed by atoms with Crippen LogP contribution in [-0.4, -0.2) is 28.1 Å². The second-order valence-electron chi connectivity index (χ2n) is 2.88. The number of aromatic nitrogens is 1. The number of carbonyl (C=O) groups excluding carboxylic acids is 1. The number of hydrogen-bond donors (Lipinski definition) is 1. The van der Waals surface area contributed by atoms with E-state index in [2.05, 4.69) is 4.98 Å². The summed E-state index contributed by atoms with van der Waals surface area (Å²) < 4.78 is 4.78. The predicted molar refractivity (Wildman–Crippen MR) is 51.4 cm³/mol. The van der Waals surface area contributed by atoms with E-state index in [9.17, 15) is 9.59 Å². The highest BCUT2D eigenvalue weighted by atomic mass is 16.6. The minimum atomic E-state index is -1.14. The smallest absolute Gasteiger partial charge is 0.345 e. The molecule has 0 spiro atoms. The standard InChI is InChI=1S/C10H11NO4/c1-2-8(9(12)13)15-10(14)7-3-5-11-6-4-7/h3-6,8H,2H2,1H3,(H,12,13). The second kappa shape index (κ2) is 5.09. The van der Waals surface area contributed by atoms with E-state index in [0.29, 0.717) is 5.56 Å². The lowest BCUT2D eigenvalue weighted by Gasteiger charge is -2.10. The van der Waals surface area contributed by atoms with E-state index in [-0.39, 0.29) is 6.42 Å². The van der Waals surface area contributed by atoms with Gasteiger partial charge in [-0.15, -0.1) is 0 Å². The summed E-state index contributed by atoms with van der Waals surface area (Å²) in [4.78, 5) is 25.8. The fraction of sp³-hybridized carbons (Fsp3) is 0.300. The molecule has 1 aromatic rings. The summed E-state index contributed by atoms with van der Waals surface area (Å²) >= 11 is 0. The molecular formula is C10H11NO4. The first-order valence-corrected chi connectivity index (χ1v) is 4.49. The number of carbonyl (C=O) groups is 2. The van der Waals surface area contributed by atoms with E-state index in [1.165, 1.54) is 24.5 Å². The zero-order valence-corrected chi connectivity index (χ0v) is 8.21. The number of carboxylic acid groups (broad SMARTS) is 1. The average molecular weight is 209 g/mol. The molecule has 1 N–H and O–H groups in total. The molecule has 1 aromatic heterocycles. The molecule has 5 heteroatoms. The van der Waals surface area contributed by atoms with Crippen LogP contribution < -0.4 is 0 Å². The molecule has 0 radical (unpaired) electrons. The van der Waals surface area contributed by atoms with Gasteiger partial charge >= 0.3 is 11.9 Å². The van der Waals surface area contributed by atoms with Crippen LogP contribution in [-0.2, 0) is 9.53 Å². The van der Waals surface area contributed by atoms with Crippen LogP contribution in [0.1, 0.15) is 23.7 Å². The minimum absolute atomic E-state index is 0.242. The van der Waals surface area contributed by atoms with E-state index < -0.39 is 18.0 Å². The molecule has 0 saturated carbocycles. The van der Waals surface area contributed by atoms with Crippen molar-refractivity contribution in [3.63, 3.8) is 0 Å². The minimum Gasteiger partial charge on any atom is -0.479 e. The first-order valence-electron chi connectivity index (χ1n) is 4.49. The molecule has 1 heterocycles. The molecule has 0 aliphatic heterocycles. The summed E-state index contributed by atoms with van der Waals surface area (Å²) in [6.45, 7) is 1.64. The van der Waals surface area contributed by atoms with Crippen LogP contribution in [0.4, 0.5) is 0 Å². The molecule has 0 aliphatic rings. The summed E-state index contributed by atoms with van der Waals surface area (Å²) in [5.74, 6) is -1.79. The Morgan fingerprint density at radius 1 is 1.47 bits per heavy atom. The number of esters is 1. The van der Waals surface area contributed by atoms with Crippen LogP contribution in [0.15, 0.2) is 24.5 Å². The van der Waals surface area contributed by atoms with Gasteiger partial charge in [0.25, 0.3) is 0 Å². The lowest BCUT2D eigenvalue weighted by Crippen LogP contribution is -2.26. The van der Waals surface area contributed by atoms with Crippen molar-refractivity contribution < 1.29 is 19.4 Å². The number of rotatable bonds is 4. The Balaban J connectivity index is 2.67. The summed E-state index contributed by atoms with van der Waals surface area (Å²) in [5, 5.41) is 8.68. The third-order valence-electron chi connectivity index (χ3n) is 1.81. The maximum atomic E-state index is 11.4. The van der Waals surface area contributed by atoms with Gasteiger partial charge in [0.2, 0.25) is 0 Å². The Morgan fingerprint density at radius 3 is 2.53 bits per heavy atom. The third-order valence-corrected chi connectivity index (χ3v) is 1.81. The fourth-order valence-corrected chi connectivity index (χ4v) is 0.994. The van der Waals surface area contributed by atoms with Crippen molar-refractivity contribution in [2.45, 2.75) is 19.4 Å². The van der Waals surface area contributed by atoms with Gasteiger partial charge in [0, 0.05) is 12.4 Å². The van der Waals surface area contributed by atoms with Crippen LogP contribution >= 0.6 is 0 Å². The van der Waals surface area contributed by atoms with Gasteiger partial charge in [-0.3, -0.25) is 4.98 Å². The fourth-order valence-electron chi connectivity index (χ4n) is 0.994. The van der Waals surface area contributed by atoms with Gasteiger partial charge in [-0.1, -0.05) is 6.92 Å². The molecule has 1 unspecified atom stereocenters. The van der Waals surface area contributed by atoms with E-state index in [1.807, 2.05) is 0 Å². The largest absolute Gasteiger partial charge is 0.479 e. The quantitative estimate of drug-likeness (QED) is 0.751. The number of hydrogen-bond acceptors (Lipinski definition) is 4. The van der Waals surface area contributed by atoms with Crippen molar-refractivity contribution in [2.75, 3.05) is 0 Å². The summed E-state index contributed by atoms with van der Waals surface area (Å²) in [6, 6.07) is 2.94. The highest BCUT2D eigenvalue weighted by Crippen LogP contribution is 2.05. The summed E-state index contributed by atoms with van der Waals surface area (Å²) in [7, 11) is 0. The lowest BCUT2D eigenvalue weighted by atomic mass is 10.2. The Hall–Kier alpha value is -1.91. The molecule has 80 valence electrons. The number of nitrogens with zero attached hydrogens (tertiary/aromatic N) is 1. The molecular weight excluding hydrogens is 198 g/mol. The van der Waals surface area contributed by atoms with Crippen LogP contribution in [0.3, 0.4) is 0 Å². The highest BCUT2D eigenvalue weighted by molar-refractivity contribution is 5.91. The molecule has 0 aromatic carbocycles. The Morgan fingerprint density at radius 2 is 2.07 bits per heavy atom. The Kier molecular flexibility index (Phi) is 3.79. The van der Waals surface area contributed by atoms with Crippen molar-refractivity contribution in [1.82, 2.24) is 4.98 Å². The molecule has 0 fully saturated rings. The van der Waals surface area contributed by atoms with E-state index in [4.69, 9.17) is 9.84 Å². The maximum Gasteiger partial charge on any atom is 0.345 e. The van der Waals surface area contributed by atoms with Gasteiger partial charge in [-0.25, -0.2) is 9.59 Å². The molecule has 0 amide bonds. The molecule has 1 atom stereocenters. The van der Waals surface area contributed by atoms with Gasteiger partial charge < -0.3 is 9.84 Å². The first kappa shape index (κ1) is 11.2. The van der Waals surface area contributed by atoms with Gasteiger partial charge in [-0.05, 0) is 18.6 Å². The predicted octanol–water partition coefficient (Wildman–Crippen LogP) is 1.10. The van der Waals surface area contributed by atoms with Crippen molar-refractivity contribution >= 4 is 11.9 Å². The maximum absolute atomic E-state index is 11.4. The van der Waals surface area contributed by atoms with Crippen molar-refractivity contribution in [3.8, 4) is 0 Å². The highest BCUT2D eigenvalue weighted by Gasteiger charge is 2.20. The van der Waals surface area contributed by atoms with Gasteiger partial charge in [0.15, 0.2) is 6.10 Å². The molecule has 0 aliphatic carbocycles. The molecule has 5 nitrogen and oxygen atoms in total. The van der Waals surface area contributed by atoms with Crippen molar-refractivity contribution in [2.24, 2.45) is 0 Å². The van der Waals surface area contributed by atoms with Crippen molar-refractivity contribution in [3.05, 3.63) is 30.1 Å². The second-order valence-corrected chi connectivity index (χ2v) is 2.88. The van der Waals surface area contributed by atoms with E-state index >= 15 is 0 Å². The SMILES string of the molecule is CCC(OC(=O)c1ccncc1)C(=O)O. The van der Waals surface area contributed by atoms with Crippen LogP contribution in [0.2, 0.25) is 0 Å². The van der Waals surface area contributed by atoms with Gasteiger partial charge in [0.05, 0.1) is 5.56 Å². The van der Waals surface area contributed by atoms with Crippen LogP contribution in [0.25, 0.3) is 0 Å². The summed E-state index contributed by atoms with van der Waals surface area (Å²) in [5.41, 5.74) is 0.296. The normalized spacial score (nSPS) is 11.8. The lowest BCUT2D eigenvalue weighted by molar-refractivity contribution is -0.147. The molecule has 1 rings (SSSR count). The molecule has 15 heavy (non-hydrogen) atoms. The number of ether oxygens (including phenoxy) is 1. The van der Waals surface area contributed by atoms with Crippen molar-refractivity contribution in [1.29, 1.82) is 0 Å². The third kappa shape index (κ3) is 3.05. The van der Waals surface area contributed by atoms with Crippen LogP contribution in [0, 0.1) is 0 Å². The number of carboxylic acids is 1. The first-order chi connectivity index (χ1) is 7.15. The van der Waals surface area contributed by atoms with Gasteiger partial charge in [-0.2, -0.15) is 0 Å². The van der Waals surface area contributed by atoms with Gasteiger partial charge in [0.1, 0.15) is 0 Å². The monoisotopic (exact) mass is 209 g/mol. The Labute approximate surface area is 86.7 Å². The Bertz CT molecular complexity index is 350.